The molecule has 0 atom stereocenters. The van der Waals surface area contributed by atoms with Crippen molar-refractivity contribution in [1.82, 2.24) is 0 Å². The summed E-state index contributed by atoms with van der Waals surface area (Å²) in [5.74, 6) is 0. The number of benzene rings is 10. The standard InChI is InChI=1S/C64H45NS/c1-63(2)56-27-12-9-21-51(56)52-40-39-48(41-59(52)63)65(47-37-33-43(34-38-47)50-25-15-26-54-53-22-11-14-30-60(53)66-62(50)54)46-35-31-42(32-36-46)49-24-16-29-58-61(49)55-23-10-13-28-57(55)64(58,44-17-5-3-6-18-44)45-19-7-4-8-20-45/h3-41H,1-2H3. The maximum Gasteiger partial charge on any atom is 0.0713 e. The molecule has 13 rings (SSSR count). The second-order valence-electron chi connectivity index (χ2n) is 18.4. The Balaban J connectivity index is 0.951. The van der Waals surface area contributed by atoms with Crippen molar-refractivity contribution in [3.05, 3.63) is 270 Å². The van der Waals surface area contributed by atoms with Gasteiger partial charge in [0.05, 0.1) is 5.41 Å². The molecule has 0 aliphatic heterocycles. The topological polar surface area (TPSA) is 3.24 Å². The number of fused-ring (bicyclic) bond motifs is 9. The maximum atomic E-state index is 2.44. The molecule has 0 bridgehead atoms. The molecule has 0 amide bonds. The molecule has 0 spiro atoms. The molecule has 1 heterocycles. The molecule has 1 aromatic heterocycles. The second kappa shape index (κ2) is 14.9. The molecule has 2 aliphatic rings. The Labute approximate surface area is 390 Å². The molecule has 0 saturated carbocycles. The van der Waals surface area contributed by atoms with Gasteiger partial charge in [-0.25, -0.2) is 0 Å². The van der Waals surface area contributed by atoms with Crippen LogP contribution in [-0.2, 0) is 10.8 Å². The highest BCUT2D eigenvalue weighted by Gasteiger charge is 2.46. The minimum absolute atomic E-state index is 0.122. The normalized spacial score (nSPS) is 13.8. The fraction of sp³-hybridized carbons (Fsp3) is 0.0625. The summed E-state index contributed by atoms with van der Waals surface area (Å²) < 4.78 is 2.66. The van der Waals surface area contributed by atoms with E-state index < -0.39 is 5.41 Å². The summed E-state index contributed by atoms with van der Waals surface area (Å²) in [5, 5.41) is 2.64. The highest BCUT2D eigenvalue weighted by atomic mass is 32.1. The van der Waals surface area contributed by atoms with Crippen molar-refractivity contribution in [2.24, 2.45) is 0 Å². The zero-order valence-electron chi connectivity index (χ0n) is 36.9. The average Bonchev–Trinajstić information content (AvgIpc) is 3.99. The van der Waals surface area contributed by atoms with Crippen LogP contribution in [0.5, 0.6) is 0 Å². The third-order valence-corrected chi connectivity index (χ3v) is 15.8. The van der Waals surface area contributed by atoms with Gasteiger partial charge in [0, 0.05) is 42.6 Å². The molecule has 0 fully saturated rings. The van der Waals surface area contributed by atoms with Gasteiger partial charge >= 0.3 is 0 Å². The van der Waals surface area contributed by atoms with E-state index in [1.807, 2.05) is 11.3 Å². The summed E-state index contributed by atoms with van der Waals surface area (Å²) in [7, 11) is 0. The van der Waals surface area contributed by atoms with Crippen LogP contribution in [-0.4, -0.2) is 0 Å². The molecule has 0 unspecified atom stereocenters. The van der Waals surface area contributed by atoms with Gasteiger partial charge in [0.2, 0.25) is 0 Å². The average molecular weight is 860 g/mol. The van der Waals surface area contributed by atoms with Crippen molar-refractivity contribution in [3.63, 3.8) is 0 Å². The smallest absolute Gasteiger partial charge is 0.0713 e. The number of anilines is 3. The Kier molecular flexibility index (Phi) is 8.72. The van der Waals surface area contributed by atoms with Crippen molar-refractivity contribution in [2.75, 3.05) is 4.90 Å². The summed E-state index contributed by atoms with van der Waals surface area (Å²) in [6.45, 7) is 4.73. The lowest BCUT2D eigenvalue weighted by Gasteiger charge is -2.34. The first-order chi connectivity index (χ1) is 32.5. The zero-order chi connectivity index (χ0) is 44.0. The van der Waals surface area contributed by atoms with Crippen LogP contribution in [0.25, 0.3) is 64.7 Å². The molecular formula is C64H45NS. The highest BCUT2D eigenvalue weighted by molar-refractivity contribution is 7.26. The molecule has 312 valence electrons. The summed E-state index contributed by atoms with van der Waals surface area (Å²) in [5.41, 5.74) is 20.9. The minimum atomic E-state index is -0.448. The van der Waals surface area contributed by atoms with E-state index in [2.05, 4.69) is 255 Å². The van der Waals surface area contributed by atoms with Crippen LogP contribution in [0.15, 0.2) is 237 Å². The predicted octanol–water partition coefficient (Wildman–Crippen LogP) is 17.5. The summed E-state index contributed by atoms with van der Waals surface area (Å²) in [6.07, 6.45) is 0. The van der Waals surface area contributed by atoms with E-state index in [4.69, 9.17) is 0 Å². The van der Waals surface area contributed by atoms with Crippen molar-refractivity contribution in [3.8, 4) is 44.5 Å². The van der Waals surface area contributed by atoms with Gasteiger partial charge in [0.1, 0.15) is 0 Å². The van der Waals surface area contributed by atoms with E-state index >= 15 is 0 Å². The van der Waals surface area contributed by atoms with Crippen LogP contribution in [0.2, 0.25) is 0 Å². The van der Waals surface area contributed by atoms with E-state index in [0.29, 0.717) is 0 Å². The SMILES string of the molecule is CC1(C)c2ccccc2-c2ccc(N(c3ccc(-c4cccc5c4-c4ccccc4C5(c4ccccc4)c4ccccc4)cc3)c3ccc(-c4cccc5c4sc4ccccc45)cc3)cc21. The van der Waals surface area contributed by atoms with Crippen LogP contribution in [0.1, 0.15) is 47.2 Å². The van der Waals surface area contributed by atoms with E-state index in [0.717, 1.165) is 17.1 Å². The molecule has 0 radical (unpaired) electrons. The summed E-state index contributed by atoms with van der Waals surface area (Å²) >= 11 is 1.88. The lowest BCUT2D eigenvalue weighted by Crippen LogP contribution is -2.28. The molecule has 2 heteroatoms. The van der Waals surface area contributed by atoms with Gasteiger partial charge < -0.3 is 4.90 Å². The first kappa shape index (κ1) is 38.7. The van der Waals surface area contributed by atoms with Crippen LogP contribution >= 0.6 is 11.3 Å². The lowest BCUT2D eigenvalue weighted by atomic mass is 9.67. The quantitative estimate of drug-likeness (QED) is 0.154. The zero-order valence-corrected chi connectivity index (χ0v) is 37.7. The van der Waals surface area contributed by atoms with E-state index in [1.165, 1.54) is 98.1 Å². The van der Waals surface area contributed by atoms with Crippen LogP contribution < -0.4 is 4.90 Å². The third kappa shape index (κ3) is 5.65. The van der Waals surface area contributed by atoms with Crippen molar-refractivity contribution in [2.45, 2.75) is 24.7 Å². The van der Waals surface area contributed by atoms with Gasteiger partial charge in [0.15, 0.2) is 0 Å². The van der Waals surface area contributed by atoms with Gasteiger partial charge in [-0.05, 0) is 120 Å². The van der Waals surface area contributed by atoms with Crippen molar-refractivity contribution < 1.29 is 0 Å². The van der Waals surface area contributed by atoms with Gasteiger partial charge in [-0.2, -0.15) is 0 Å². The fourth-order valence-corrected chi connectivity index (χ4v) is 12.8. The van der Waals surface area contributed by atoms with Crippen molar-refractivity contribution >= 4 is 48.6 Å². The predicted molar refractivity (Wildman–Crippen MR) is 280 cm³/mol. The number of nitrogens with zero attached hydrogens (tertiary/aromatic N) is 1. The Morgan fingerprint density at radius 1 is 0.348 bits per heavy atom. The van der Waals surface area contributed by atoms with E-state index in [1.54, 1.807) is 0 Å². The summed E-state index contributed by atoms with van der Waals surface area (Å²) in [4.78, 5) is 2.44. The number of rotatable bonds is 7. The van der Waals surface area contributed by atoms with Gasteiger partial charge in [-0.15, -0.1) is 11.3 Å². The molecule has 11 aromatic rings. The Morgan fingerprint density at radius 2 is 0.848 bits per heavy atom. The second-order valence-corrected chi connectivity index (χ2v) is 19.4. The van der Waals surface area contributed by atoms with Crippen LogP contribution in [0.3, 0.4) is 0 Å². The molecule has 1 nitrogen and oxygen atoms in total. The Bertz CT molecular complexity index is 3620. The van der Waals surface area contributed by atoms with Crippen LogP contribution in [0.4, 0.5) is 17.1 Å². The van der Waals surface area contributed by atoms with E-state index in [9.17, 15) is 0 Å². The lowest BCUT2D eigenvalue weighted by molar-refractivity contribution is 0.660. The van der Waals surface area contributed by atoms with Crippen LogP contribution in [0, 0.1) is 0 Å². The molecule has 66 heavy (non-hydrogen) atoms. The summed E-state index contributed by atoms with van der Waals surface area (Å²) in [6, 6.07) is 88.1. The highest BCUT2D eigenvalue weighted by Crippen LogP contribution is 2.58. The molecule has 2 aliphatic carbocycles. The van der Waals surface area contributed by atoms with Gasteiger partial charge in [0.25, 0.3) is 0 Å². The molecule has 0 N–H and O–H groups in total. The number of hydrogen-bond donors (Lipinski definition) is 0. The van der Waals surface area contributed by atoms with Gasteiger partial charge in [-0.1, -0.05) is 208 Å². The van der Waals surface area contributed by atoms with Crippen molar-refractivity contribution in [1.29, 1.82) is 0 Å². The first-order valence-electron chi connectivity index (χ1n) is 23.0. The number of thiophene rings is 1. The Hall–Kier alpha value is -7.78. The van der Waals surface area contributed by atoms with E-state index in [-0.39, 0.29) is 5.41 Å². The largest absolute Gasteiger partial charge is 0.310 e. The fourth-order valence-electron chi connectivity index (χ4n) is 11.6. The van der Waals surface area contributed by atoms with Gasteiger partial charge in [-0.3, -0.25) is 0 Å². The number of hydrogen-bond acceptors (Lipinski definition) is 2. The minimum Gasteiger partial charge on any atom is -0.310 e. The molecule has 10 aromatic carbocycles. The third-order valence-electron chi connectivity index (χ3n) is 14.6. The first-order valence-corrected chi connectivity index (χ1v) is 23.8. The molecular weight excluding hydrogens is 815 g/mol. The molecule has 0 saturated heterocycles. The Morgan fingerprint density at radius 3 is 1.56 bits per heavy atom. The monoisotopic (exact) mass is 859 g/mol. The maximum absolute atomic E-state index is 2.44.